The van der Waals surface area contributed by atoms with Crippen LogP contribution in [0.25, 0.3) is 0 Å². The van der Waals surface area contributed by atoms with Crippen molar-refractivity contribution in [1.29, 1.82) is 0 Å². The summed E-state index contributed by atoms with van der Waals surface area (Å²) in [4.78, 5) is 2.58. The largest absolute Gasteiger partial charge is 0.373 e. The van der Waals surface area contributed by atoms with E-state index in [0.717, 1.165) is 32.1 Å². The van der Waals surface area contributed by atoms with Gasteiger partial charge in [-0.05, 0) is 52.6 Å². The van der Waals surface area contributed by atoms with Crippen molar-refractivity contribution in [3.63, 3.8) is 0 Å². The van der Waals surface area contributed by atoms with E-state index in [9.17, 15) is 0 Å². The van der Waals surface area contributed by atoms with Crippen LogP contribution in [0.3, 0.4) is 0 Å². The van der Waals surface area contributed by atoms with Gasteiger partial charge < -0.3 is 10.1 Å². The maximum Gasteiger partial charge on any atom is 0.0678 e. The highest BCUT2D eigenvalue weighted by Gasteiger charge is 2.25. The second kappa shape index (κ2) is 8.13. The number of nitrogens with zero attached hydrogens (tertiary/aromatic N) is 1. The summed E-state index contributed by atoms with van der Waals surface area (Å²) in [5, 5.41) is 3.52. The second-order valence-corrected chi connectivity index (χ2v) is 6.30. The Morgan fingerprint density at radius 1 is 1.17 bits per heavy atom. The van der Waals surface area contributed by atoms with Gasteiger partial charge in [0.1, 0.15) is 0 Å². The molecule has 1 N–H and O–H groups in total. The van der Waals surface area contributed by atoms with E-state index in [1.807, 2.05) is 0 Å². The SMILES string of the molecule is CC(C)CNCCCC(C)N1CC(C)OC(C)C1. The zero-order valence-electron chi connectivity index (χ0n) is 12.9. The van der Waals surface area contributed by atoms with Crippen molar-refractivity contribution in [2.24, 2.45) is 5.92 Å². The predicted molar refractivity (Wildman–Crippen MR) is 78.0 cm³/mol. The summed E-state index contributed by atoms with van der Waals surface area (Å²) in [5.74, 6) is 0.753. The summed E-state index contributed by atoms with van der Waals surface area (Å²) in [6.45, 7) is 15.7. The molecule has 0 aromatic rings. The van der Waals surface area contributed by atoms with Crippen LogP contribution in [0.15, 0.2) is 0 Å². The first-order chi connectivity index (χ1) is 8.49. The molecule has 0 radical (unpaired) electrons. The van der Waals surface area contributed by atoms with E-state index in [-0.39, 0.29) is 0 Å². The van der Waals surface area contributed by atoms with Crippen LogP contribution in [0, 0.1) is 5.92 Å². The Bertz CT molecular complexity index is 211. The van der Waals surface area contributed by atoms with Gasteiger partial charge in [-0.1, -0.05) is 13.8 Å². The van der Waals surface area contributed by atoms with E-state index < -0.39 is 0 Å². The molecule has 1 saturated heterocycles. The van der Waals surface area contributed by atoms with Crippen LogP contribution in [0.1, 0.15) is 47.5 Å². The Kier molecular flexibility index (Phi) is 7.20. The van der Waals surface area contributed by atoms with Gasteiger partial charge in [0, 0.05) is 19.1 Å². The fourth-order valence-electron chi connectivity index (χ4n) is 2.67. The lowest BCUT2D eigenvalue weighted by molar-refractivity contribution is -0.0792. The first-order valence-corrected chi connectivity index (χ1v) is 7.59. The molecule has 1 fully saturated rings. The van der Waals surface area contributed by atoms with E-state index in [1.54, 1.807) is 0 Å². The molecule has 0 bridgehead atoms. The average molecular weight is 256 g/mol. The molecule has 3 nitrogen and oxygen atoms in total. The van der Waals surface area contributed by atoms with Crippen molar-refractivity contribution in [3.05, 3.63) is 0 Å². The minimum absolute atomic E-state index is 0.385. The first-order valence-electron chi connectivity index (χ1n) is 7.59. The maximum atomic E-state index is 5.78. The van der Waals surface area contributed by atoms with Gasteiger partial charge in [0.25, 0.3) is 0 Å². The summed E-state index contributed by atoms with van der Waals surface area (Å²) >= 11 is 0. The number of hydrogen-bond acceptors (Lipinski definition) is 3. The van der Waals surface area contributed by atoms with Gasteiger partial charge in [0.2, 0.25) is 0 Å². The first kappa shape index (κ1) is 15.9. The van der Waals surface area contributed by atoms with Crippen LogP contribution >= 0.6 is 0 Å². The molecule has 1 heterocycles. The molecule has 0 aromatic heterocycles. The van der Waals surface area contributed by atoms with Gasteiger partial charge >= 0.3 is 0 Å². The maximum absolute atomic E-state index is 5.78. The quantitative estimate of drug-likeness (QED) is 0.708. The Balaban J connectivity index is 2.14. The molecule has 18 heavy (non-hydrogen) atoms. The minimum Gasteiger partial charge on any atom is -0.373 e. The third-order valence-corrected chi connectivity index (χ3v) is 3.60. The monoisotopic (exact) mass is 256 g/mol. The summed E-state index contributed by atoms with van der Waals surface area (Å²) in [7, 11) is 0. The van der Waals surface area contributed by atoms with Gasteiger partial charge in [0.05, 0.1) is 12.2 Å². The van der Waals surface area contributed by atoms with Crippen LogP contribution in [-0.4, -0.2) is 49.3 Å². The summed E-state index contributed by atoms with van der Waals surface area (Å²) in [6, 6.07) is 0.680. The van der Waals surface area contributed by atoms with E-state index >= 15 is 0 Å². The lowest BCUT2D eigenvalue weighted by atomic mass is 10.1. The highest BCUT2D eigenvalue weighted by atomic mass is 16.5. The molecule has 108 valence electrons. The van der Waals surface area contributed by atoms with E-state index in [1.165, 1.54) is 12.8 Å². The van der Waals surface area contributed by atoms with Crippen LogP contribution in [0.5, 0.6) is 0 Å². The molecule has 3 unspecified atom stereocenters. The molecule has 0 saturated carbocycles. The van der Waals surface area contributed by atoms with Gasteiger partial charge in [-0.3, -0.25) is 4.90 Å². The van der Waals surface area contributed by atoms with E-state index in [0.29, 0.717) is 18.2 Å². The molecule has 0 aromatic carbocycles. The van der Waals surface area contributed by atoms with Crippen molar-refractivity contribution in [1.82, 2.24) is 10.2 Å². The molecular weight excluding hydrogens is 224 g/mol. The predicted octanol–water partition coefficient (Wildman–Crippen LogP) is 2.51. The normalized spacial score (nSPS) is 27.7. The minimum atomic E-state index is 0.385. The molecule has 0 spiro atoms. The molecule has 3 heteroatoms. The number of nitrogens with one attached hydrogen (secondary N) is 1. The van der Waals surface area contributed by atoms with Crippen molar-refractivity contribution in [3.8, 4) is 0 Å². The third-order valence-electron chi connectivity index (χ3n) is 3.60. The standard InChI is InChI=1S/C15H32N2O/c1-12(2)9-16-8-6-7-13(3)17-10-14(4)18-15(5)11-17/h12-16H,6-11H2,1-5H3. The lowest BCUT2D eigenvalue weighted by Crippen LogP contribution is -2.49. The van der Waals surface area contributed by atoms with Crippen LogP contribution in [0.2, 0.25) is 0 Å². The Labute approximate surface area is 113 Å². The molecule has 3 atom stereocenters. The van der Waals surface area contributed by atoms with Gasteiger partial charge in [0.15, 0.2) is 0 Å². The average Bonchev–Trinajstić information content (AvgIpc) is 2.26. The fourth-order valence-corrected chi connectivity index (χ4v) is 2.67. The second-order valence-electron chi connectivity index (χ2n) is 6.30. The van der Waals surface area contributed by atoms with Crippen molar-refractivity contribution in [2.45, 2.75) is 65.7 Å². The topological polar surface area (TPSA) is 24.5 Å². The Morgan fingerprint density at radius 3 is 2.33 bits per heavy atom. The van der Waals surface area contributed by atoms with Crippen molar-refractivity contribution in [2.75, 3.05) is 26.2 Å². The molecule has 0 aliphatic carbocycles. The summed E-state index contributed by atoms with van der Waals surface area (Å²) < 4.78 is 5.78. The van der Waals surface area contributed by atoms with Crippen LogP contribution in [-0.2, 0) is 4.74 Å². The van der Waals surface area contributed by atoms with Crippen LogP contribution in [0.4, 0.5) is 0 Å². The van der Waals surface area contributed by atoms with Crippen LogP contribution < -0.4 is 5.32 Å². The summed E-state index contributed by atoms with van der Waals surface area (Å²) in [5.41, 5.74) is 0. The van der Waals surface area contributed by atoms with E-state index in [4.69, 9.17) is 4.74 Å². The van der Waals surface area contributed by atoms with E-state index in [2.05, 4.69) is 44.8 Å². The Hall–Kier alpha value is -0.120. The van der Waals surface area contributed by atoms with Crippen molar-refractivity contribution < 1.29 is 4.74 Å². The molecule has 0 amide bonds. The molecule has 1 rings (SSSR count). The van der Waals surface area contributed by atoms with Gasteiger partial charge in [-0.2, -0.15) is 0 Å². The highest BCUT2D eigenvalue weighted by molar-refractivity contribution is 4.77. The smallest absolute Gasteiger partial charge is 0.0678 e. The fraction of sp³-hybridized carbons (Fsp3) is 1.00. The number of rotatable bonds is 7. The summed E-state index contributed by atoms with van der Waals surface area (Å²) in [6.07, 6.45) is 3.32. The Morgan fingerprint density at radius 2 is 1.78 bits per heavy atom. The van der Waals surface area contributed by atoms with Gasteiger partial charge in [-0.15, -0.1) is 0 Å². The molecule has 1 aliphatic heterocycles. The molecule has 1 aliphatic rings. The number of hydrogen-bond donors (Lipinski definition) is 1. The third kappa shape index (κ3) is 6.17. The lowest BCUT2D eigenvalue weighted by Gasteiger charge is -2.39. The zero-order valence-corrected chi connectivity index (χ0v) is 12.9. The zero-order chi connectivity index (χ0) is 13.5. The highest BCUT2D eigenvalue weighted by Crippen LogP contribution is 2.15. The number of morpholine rings is 1. The van der Waals surface area contributed by atoms with Crippen molar-refractivity contribution >= 4 is 0 Å². The van der Waals surface area contributed by atoms with Gasteiger partial charge in [-0.25, -0.2) is 0 Å². The number of ether oxygens (including phenoxy) is 1. The molecular formula is C15H32N2O.